The Morgan fingerprint density at radius 3 is 2.80 bits per heavy atom. The summed E-state index contributed by atoms with van der Waals surface area (Å²) in [6, 6.07) is 0. The predicted molar refractivity (Wildman–Crippen MR) is 66.3 cm³/mol. The Morgan fingerprint density at radius 1 is 1.47 bits per heavy atom. The Bertz CT molecular complexity index is 165. The third-order valence-electron chi connectivity index (χ3n) is 2.09. The van der Waals surface area contributed by atoms with E-state index in [1.165, 1.54) is 18.6 Å². The largest absolute Gasteiger partial charge is 0.466 e. The third-order valence-corrected chi connectivity index (χ3v) is 2.79. The molecule has 4 heteroatoms. The van der Waals surface area contributed by atoms with Crippen LogP contribution in [0.3, 0.4) is 0 Å². The summed E-state index contributed by atoms with van der Waals surface area (Å²) in [6.07, 6.45) is 4.54. The van der Waals surface area contributed by atoms with Crippen LogP contribution in [0.4, 0.5) is 0 Å². The van der Waals surface area contributed by atoms with E-state index >= 15 is 0 Å². The molecule has 0 radical (unpaired) electrons. The van der Waals surface area contributed by atoms with Crippen LogP contribution in [-0.4, -0.2) is 37.7 Å². The number of esters is 1. The molecule has 15 heavy (non-hydrogen) atoms. The number of ether oxygens (including phenoxy) is 1. The summed E-state index contributed by atoms with van der Waals surface area (Å²) in [7, 11) is 0. The van der Waals surface area contributed by atoms with E-state index < -0.39 is 0 Å². The Kier molecular flexibility index (Phi) is 10.2. The molecule has 1 unspecified atom stereocenters. The van der Waals surface area contributed by atoms with Crippen LogP contribution in [0.1, 0.15) is 26.7 Å². The second kappa shape index (κ2) is 10.3. The highest BCUT2D eigenvalue weighted by Crippen LogP contribution is 1.99. The van der Waals surface area contributed by atoms with Gasteiger partial charge in [0.25, 0.3) is 0 Å². The zero-order valence-electron chi connectivity index (χ0n) is 10.0. The maximum atomic E-state index is 11.2. The number of nitrogens with one attached hydrogen (secondary N) is 1. The Labute approximate surface area is 97.3 Å². The highest BCUT2D eigenvalue weighted by molar-refractivity contribution is 7.98. The van der Waals surface area contributed by atoms with Crippen LogP contribution in [0.5, 0.6) is 0 Å². The van der Waals surface area contributed by atoms with Crippen molar-refractivity contribution in [2.75, 3.05) is 31.7 Å². The number of hydrogen-bond acceptors (Lipinski definition) is 4. The van der Waals surface area contributed by atoms with Crippen LogP contribution in [0.2, 0.25) is 0 Å². The van der Waals surface area contributed by atoms with Gasteiger partial charge in [-0.3, -0.25) is 4.79 Å². The summed E-state index contributed by atoms with van der Waals surface area (Å²) >= 11 is 1.88. The molecule has 0 spiro atoms. The molecule has 1 atom stereocenters. The Morgan fingerprint density at radius 2 is 2.20 bits per heavy atom. The molecule has 0 saturated heterocycles. The molecule has 0 saturated carbocycles. The molecule has 0 aliphatic carbocycles. The summed E-state index contributed by atoms with van der Waals surface area (Å²) < 4.78 is 4.92. The molecule has 3 nitrogen and oxygen atoms in total. The van der Waals surface area contributed by atoms with E-state index in [0.717, 1.165) is 13.1 Å². The first-order chi connectivity index (χ1) is 7.22. The average molecular weight is 233 g/mol. The lowest BCUT2D eigenvalue weighted by molar-refractivity contribution is -0.147. The first-order valence-electron chi connectivity index (χ1n) is 5.58. The number of rotatable bonds is 9. The fourth-order valence-corrected chi connectivity index (χ4v) is 1.68. The van der Waals surface area contributed by atoms with Gasteiger partial charge in [-0.05, 0) is 38.3 Å². The van der Waals surface area contributed by atoms with Crippen LogP contribution in [-0.2, 0) is 9.53 Å². The molecule has 0 amide bonds. The maximum Gasteiger partial charge on any atom is 0.309 e. The molecule has 0 fully saturated rings. The molecule has 0 bridgehead atoms. The van der Waals surface area contributed by atoms with Gasteiger partial charge in [0, 0.05) is 6.54 Å². The van der Waals surface area contributed by atoms with Crippen LogP contribution >= 0.6 is 11.8 Å². The lowest BCUT2D eigenvalue weighted by Gasteiger charge is -2.11. The second-order valence-electron chi connectivity index (χ2n) is 3.56. The van der Waals surface area contributed by atoms with E-state index in [4.69, 9.17) is 4.74 Å². The maximum absolute atomic E-state index is 11.2. The fourth-order valence-electron chi connectivity index (χ4n) is 1.18. The smallest absolute Gasteiger partial charge is 0.309 e. The van der Waals surface area contributed by atoms with Gasteiger partial charge in [0.2, 0.25) is 0 Å². The molecule has 0 aliphatic rings. The zero-order valence-corrected chi connectivity index (χ0v) is 10.9. The minimum absolute atomic E-state index is 0.0366. The monoisotopic (exact) mass is 233 g/mol. The van der Waals surface area contributed by atoms with Gasteiger partial charge >= 0.3 is 5.97 Å². The number of carbonyl (C=O) groups excluding carboxylic acids is 1. The van der Waals surface area contributed by atoms with E-state index in [0.29, 0.717) is 6.61 Å². The van der Waals surface area contributed by atoms with Crippen LogP contribution in [0.25, 0.3) is 0 Å². The van der Waals surface area contributed by atoms with Crippen molar-refractivity contribution in [3.8, 4) is 0 Å². The summed E-state index contributed by atoms with van der Waals surface area (Å²) in [5, 5.41) is 3.27. The SMILES string of the molecule is CCOC(=O)C(C)CNCCCCSC. The van der Waals surface area contributed by atoms with E-state index in [1.54, 1.807) is 0 Å². The molecule has 1 N–H and O–H groups in total. The van der Waals surface area contributed by atoms with Gasteiger partial charge in [-0.15, -0.1) is 0 Å². The average Bonchev–Trinajstić information content (AvgIpc) is 2.23. The molecule has 0 aromatic rings. The van der Waals surface area contributed by atoms with Gasteiger partial charge in [-0.2, -0.15) is 11.8 Å². The molecule has 0 aliphatic heterocycles. The van der Waals surface area contributed by atoms with Gasteiger partial charge in [-0.25, -0.2) is 0 Å². The summed E-state index contributed by atoms with van der Waals surface area (Å²) in [4.78, 5) is 11.2. The van der Waals surface area contributed by atoms with Crippen molar-refractivity contribution in [2.24, 2.45) is 5.92 Å². The third kappa shape index (κ3) is 8.75. The van der Waals surface area contributed by atoms with Gasteiger partial charge in [0.1, 0.15) is 0 Å². The normalized spacial score (nSPS) is 12.5. The molecular formula is C11H23NO2S. The van der Waals surface area contributed by atoms with Crippen LogP contribution in [0, 0.1) is 5.92 Å². The summed E-state index contributed by atoms with van der Waals surface area (Å²) in [5.41, 5.74) is 0. The fraction of sp³-hybridized carbons (Fsp3) is 0.909. The van der Waals surface area contributed by atoms with E-state index in [1.807, 2.05) is 25.6 Å². The molecular weight excluding hydrogens is 210 g/mol. The topological polar surface area (TPSA) is 38.3 Å². The quantitative estimate of drug-likeness (QED) is 0.488. The number of unbranched alkanes of at least 4 members (excludes halogenated alkanes) is 1. The predicted octanol–water partition coefficient (Wildman–Crippen LogP) is 1.92. The van der Waals surface area contributed by atoms with Crippen LogP contribution in [0.15, 0.2) is 0 Å². The van der Waals surface area contributed by atoms with Gasteiger partial charge in [-0.1, -0.05) is 6.92 Å². The second-order valence-corrected chi connectivity index (χ2v) is 4.54. The van der Waals surface area contributed by atoms with Crippen molar-refractivity contribution < 1.29 is 9.53 Å². The summed E-state index contributed by atoms with van der Waals surface area (Å²) in [6.45, 7) is 5.91. The van der Waals surface area contributed by atoms with Crippen molar-refractivity contribution in [1.29, 1.82) is 0 Å². The minimum atomic E-state index is -0.103. The standard InChI is InChI=1S/C11H23NO2S/c1-4-14-11(13)10(2)9-12-7-5-6-8-15-3/h10,12H,4-9H2,1-3H3. The molecule has 90 valence electrons. The van der Waals surface area contributed by atoms with Crippen molar-refractivity contribution in [1.82, 2.24) is 5.32 Å². The van der Waals surface area contributed by atoms with Crippen molar-refractivity contribution in [3.63, 3.8) is 0 Å². The number of hydrogen-bond donors (Lipinski definition) is 1. The molecule has 0 rings (SSSR count). The highest BCUT2D eigenvalue weighted by Gasteiger charge is 2.12. The highest BCUT2D eigenvalue weighted by atomic mass is 32.2. The molecule has 0 aromatic carbocycles. The van der Waals surface area contributed by atoms with Gasteiger partial charge in [0.15, 0.2) is 0 Å². The summed E-state index contributed by atoms with van der Waals surface area (Å²) in [5.74, 6) is 1.08. The lowest BCUT2D eigenvalue weighted by Crippen LogP contribution is -2.28. The first kappa shape index (κ1) is 14.8. The van der Waals surface area contributed by atoms with Crippen LogP contribution < -0.4 is 5.32 Å². The number of thioether (sulfide) groups is 1. The molecule has 0 aromatic heterocycles. The van der Waals surface area contributed by atoms with E-state index in [-0.39, 0.29) is 11.9 Å². The van der Waals surface area contributed by atoms with E-state index in [2.05, 4.69) is 11.6 Å². The zero-order chi connectivity index (χ0) is 11.5. The minimum Gasteiger partial charge on any atom is -0.466 e. The lowest BCUT2D eigenvalue weighted by atomic mass is 10.2. The molecule has 0 heterocycles. The Balaban J connectivity index is 3.30. The number of carbonyl (C=O) groups is 1. The van der Waals surface area contributed by atoms with Crippen molar-refractivity contribution in [2.45, 2.75) is 26.7 Å². The Hall–Kier alpha value is -0.220. The van der Waals surface area contributed by atoms with Gasteiger partial charge < -0.3 is 10.1 Å². The van der Waals surface area contributed by atoms with Gasteiger partial charge in [0.05, 0.1) is 12.5 Å². The van der Waals surface area contributed by atoms with E-state index in [9.17, 15) is 4.79 Å². The van der Waals surface area contributed by atoms with Crippen molar-refractivity contribution >= 4 is 17.7 Å². The van der Waals surface area contributed by atoms with Crippen molar-refractivity contribution in [3.05, 3.63) is 0 Å². The first-order valence-corrected chi connectivity index (χ1v) is 6.98.